The van der Waals surface area contributed by atoms with Crippen molar-refractivity contribution in [1.29, 1.82) is 0 Å². The summed E-state index contributed by atoms with van der Waals surface area (Å²) in [5.74, 6) is 0.293. The number of nitrogens with zero attached hydrogens (tertiary/aromatic N) is 5. The molecule has 0 saturated carbocycles. The molecule has 11 aromatic carbocycles. The summed E-state index contributed by atoms with van der Waals surface area (Å²) in [6, 6.07) is 71.1. The first-order valence-corrected chi connectivity index (χ1v) is 41.4. The van der Waals surface area contributed by atoms with E-state index in [0.29, 0.717) is 5.92 Å². The zero-order chi connectivity index (χ0) is 79.3. The maximum atomic E-state index is 2.85. The highest BCUT2D eigenvalue weighted by Crippen LogP contribution is 2.54. The Kier molecular flexibility index (Phi) is 15.2. The van der Waals surface area contributed by atoms with Crippen LogP contribution in [0.4, 0.5) is 0 Å². The zero-order valence-corrected chi connectivity index (χ0v) is 72.1. The second kappa shape index (κ2) is 23.1. The lowest BCUT2D eigenvalue weighted by molar-refractivity contribution is 0.590. The van der Waals surface area contributed by atoms with Crippen molar-refractivity contribution >= 4 is 132 Å². The van der Waals surface area contributed by atoms with Crippen molar-refractivity contribution in [3.8, 4) is 28.4 Å². The van der Waals surface area contributed by atoms with Crippen LogP contribution in [-0.4, -0.2) is 29.5 Å². The molecule has 18 rings (SSSR count). The third-order valence-corrected chi connectivity index (χ3v) is 26.0. The van der Waals surface area contributed by atoms with E-state index in [4.69, 9.17) is 0 Å². The van der Waals surface area contributed by atoms with Crippen LogP contribution < -0.4 is 16.4 Å². The third kappa shape index (κ3) is 10.8. The fraction of sp³-hybridized carbons (Fsp3) is 0.371. The van der Waals surface area contributed by atoms with Gasteiger partial charge in [0.1, 0.15) is 0 Å². The van der Waals surface area contributed by atoms with Gasteiger partial charge in [0.2, 0.25) is 0 Å². The van der Waals surface area contributed by atoms with Crippen LogP contribution in [0.15, 0.2) is 170 Å². The fourth-order valence-corrected chi connectivity index (χ4v) is 19.1. The van der Waals surface area contributed by atoms with Gasteiger partial charge < -0.3 is 22.8 Å². The number of hydrogen-bond donors (Lipinski definition) is 0. The summed E-state index contributed by atoms with van der Waals surface area (Å²) >= 11 is 0. The van der Waals surface area contributed by atoms with Crippen molar-refractivity contribution in [3.63, 3.8) is 0 Å². The van der Waals surface area contributed by atoms with Crippen molar-refractivity contribution in [2.24, 2.45) is 0 Å². The minimum Gasteiger partial charge on any atom is -0.308 e. The van der Waals surface area contributed by atoms with Crippen molar-refractivity contribution < 1.29 is 0 Å². The number of aromatic nitrogens is 5. The van der Waals surface area contributed by atoms with E-state index in [-0.39, 0.29) is 55.4 Å². The zero-order valence-electron chi connectivity index (χ0n) is 72.1. The van der Waals surface area contributed by atoms with Crippen molar-refractivity contribution in [2.45, 2.75) is 255 Å². The second-order valence-electron chi connectivity index (χ2n) is 43.5. The topological polar surface area (TPSA) is 24.6 Å². The van der Waals surface area contributed by atoms with Gasteiger partial charge in [-0.05, 0) is 236 Å². The Bertz CT molecular complexity index is 6280. The Morgan fingerprint density at radius 3 is 0.640 bits per heavy atom. The molecule has 0 radical (unpaired) electrons. The van der Waals surface area contributed by atoms with Gasteiger partial charge in [0, 0.05) is 64.9 Å². The summed E-state index contributed by atoms with van der Waals surface area (Å²) in [6.07, 6.45) is 0. The minimum atomic E-state index is -0.267. The SMILES string of the molecule is CC(C)c1ccc2c(c1)c1cc(C(C)(C)C)ccc1n2-c1c(-n2c3ccc(C(C)(C)C)cc3c3cc(C(C)(C)C)ccc32)c2c3c(c1-n1c4ccc(C(C)(C)C)cc4c4cc(C(C)(C)C)ccc41)-n1c4ccc(C(C)(C)C)cc4c4cc(C(C)(C)C)cc(c41)B3c1cc(C(C)(C)C)cc3c4cc(C(C)(C)C)ccc4n-2c13. The molecule has 0 aliphatic carbocycles. The van der Waals surface area contributed by atoms with E-state index in [9.17, 15) is 0 Å². The highest BCUT2D eigenvalue weighted by molar-refractivity contribution is 7.00. The Labute approximate surface area is 660 Å². The van der Waals surface area contributed by atoms with E-state index >= 15 is 0 Å². The van der Waals surface area contributed by atoms with Gasteiger partial charge in [-0.2, -0.15) is 0 Å². The van der Waals surface area contributed by atoms with E-state index in [1.807, 2.05) is 0 Å². The van der Waals surface area contributed by atoms with Crippen LogP contribution in [0.1, 0.15) is 262 Å². The average molecular weight is 1460 g/mol. The largest absolute Gasteiger partial charge is 0.308 e. The molecular formula is C105H116BN5. The second-order valence-corrected chi connectivity index (χ2v) is 43.5. The Morgan fingerprint density at radius 2 is 0.405 bits per heavy atom. The molecule has 5 nitrogen and oxygen atoms in total. The van der Waals surface area contributed by atoms with Gasteiger partial charge in [0.05, 0.1) is 72.6 Å². The quantitative estimate of drug-likeness (QED) is 0.157. The summed E-state index contributed by atoms with van der Waals surface area (Å²) in [7, 11) is 0. The number of rotatable bonds is 4. The van der Waals surface area contributed by atoms with Gasteiger partial charge >= 0.3 is 0 Å². The maximum absolute atomic E-state index is 2.85. The van der Waals surface area contributed by atoms with Crippen LogP contribution in [0.2, 0.25) is 0 Å². The molecule has 0 fully saturated rings. The van der Waals surface area contributed by atoms with E-state index in [1.165, 1.54) is 192 Å². The standard InChI is InChI=1S/C105H116BN5/c1-58(2)59-30-38-81-69(46-59)70-47-60(97(3,4)5)31-39-82(70)109(81)96-94(107-83-40-32-61(98(6,7)8)48-71(83)72-49-62(99(9,10)11)33-41-84(72)107)92-89-93(95(96)108-85-42-34-63(100(12,13)14)50-73(85)74-51-64(101(15,16)17)35-43-86(74)108)111-88-45-37-66(103(21,22)23)53-76(88)78-55-68(105(27,28)29)57-80(91(78)111)106(89)79-56-67(104(24,25)26)54-77-75-52-65(102(18,19)20)36-44-87(75)110(92)90(77)79/h30-58H,1-29H3. The van der Waals surface area contributed by atoms with Gasteiger partial charge in [-0.3, -0.25) is 0 Å². The van der Waals surface area contributed by atoms with Crippen molar-refractivity contribution in [3.05, 3.63) is 225 Å². The average Bonchev–Trinajstić information content (AvgIpc) is 1.54. The van der Waals surface area contributed by atoms with Gasteiger partial charge in [0.15, 0.2) is 0 Å². The molecule has 16 aromatic rings. The Balaban J connectivity index is 1.24. The first kappa shape index (κ1) is 73.0. The van der Waals surface area contributed by atoms with Crippen LogP contribution in [0.3, 0.4) is 0 Å². The summed E-state index contributed by atoms with van der Waals surface area (Å²) in [5, 5.41) is 12.7. The smallest absolute Gasteiger partial charge is 0.252 e. The molecule has 7 heterocycles. The van der Waals surface area contributed by atoms with Gasteiger partial charge in [0.25, 0.3) is 6.71 Å². The van der Waals surface area contributed by atoms with E-state index in [2.05, 4.69) is 393 Å². The number of fused-ring (bicyclic) bond motifs is 19. The van der Waals surface area contributed by atoms with Gasteiger partial charge in [-0.25, -0.2) is 0 Å². The summed E-state index contributed by atoms with van der Waals surface area (Å²) in [5.41, 5.74) is 33.9. The maximum Gasteiger partial charge on any atom is 0.252 e. The first-order chi connectivity index (χ1) is 51.6. The molecule has 111 heavy (non-hydrogen) atoms. The van der Waals surface area contributed by atoms with Gasteiger partial charge in [-0.15, -0.1) is 0 Å². The van der Waals surface area contributed by atoms with Crippen LogP contribution in [0.25, 0.3) is 137 Å². The predicted octanol–water partition coefficient (Wildman–Crippen LogP) is 27.1. The highest BCUT2D eigenvalue weighted by atomic mass is 15.2. The molecule has 0 unspecified atom stereocenters. The monoisotopic (exact) mass is 1460 g/mol. The molecule has 0 atom stereocenters. The normalized spacial score (nSPS) is 14.2. The highest BCUT2D eigenvalue weighted by Gasteiger charge is 2.48. The molecule has 0 N–H and O–H groups in total. The molecule has 2 aliphatic rings. The van der Waals surface area contributed by atoms with Crippen LogP contribution >= 0.6 is 0 Å². The molecule has 564 valence electrons. The van der Waals surface area contributed by atoms with Crippen molar-refractivity contribution in [2.75, 3.05) is 0 Å². The molecule has 2 aliphatic heterocycles. The van der Waals surface area contributed by atoms with E-state index in [0.717, 1.165) is 17.1 Å². The lowest BCUT2D eigenvalue weighted by Gasteiger charge is -2.39. The lowest BCUT2D eigenvalue weighted by Crippen LogP contribution is -2.60. The summed E-state index contributed by atoms with van der Waals surface area (Å²) in [6.45, 7) is 69.2. The predicted molar refractivity (Wildman–Crippen MR) is 485 cm³/mol. The van der Waals surface area contributed by atoms with E-state index < -0.39 is 0 Å². The number of benzene rings is 11. The molecular weight excluding hydrogens is 1340 g/mol. The Hall–Kier alpha value is -9.52. The van der Waals surface area contributed by atoms with Gasteiger partial charge in [-0.1, -0.05) is 261 Å². The molecule has 0 saturated heterocycles. The molecule has 6 heteroatoms. The molecule has 5 aromatic heterocycles. The molecule has 0 amide bonds. The van der Waals surface area contributed by atoms with Crippen LogP contribution in [0, 0.1) is 0 Å². The van der Waals surface area contributed by atoms with Crippen LogP contribution in [0.5, 0.6) is 0 Å². The molecule has 0 spiro atoms. The summed E-state index contributed by atoms with van der Waals surface area (Å²) < 4.78 is 14.1. The number of hydrogen-bond acceptors (Lipinski definition) is 0. The van der Waals surface area contributed by atoms with Crippen molar-refractivity contribution in [1.82, 2.24) is 22.8 Å². The fourth-order valence-electron chi connectivity index (χ4n) is 19.1. The minimum absolute atomic E-state index is 0.128. The summed E-state index contributed by atoms with van der Waals surface area (Å²) in [4.78, 5) is 0. The first-order valence-electron chi connectivity index (χ1n) is 41.4. The Morgan fingerprint density at radius 1 is 0.207 bits per heavy atom. The van der Waals surface area contributed by atoms with E-state index in [1.54, 1.807) is 0 Å². The third-order valence-electron chi connectivity index (χ3n) is 26.0. The lowest BCUT2D eigenvalue weighted by atomic mass is 9.33. The molecule has 0 bridgehead atoms. The van der Waals surface area contributed by atoms with Crippen LogP contribution in [-0.2, 0) is 48.7 Å².